The molecule has 1 aromatic heterocycles. The summed E-state index contributed by atoms with van der Waals surface area (Å²) in [6.45, 7) is 0. The summed E-state index contributed by atoms with van der Waals surface area (Å²) in [5.74, 6) is -0.199. The fraction of sp³-hybridized carbons (Fsp3) is 0. The summed E-state index contributed by atoms with van der Waals surface area (Å²) >= 11 is 0. The molecule has 0 aliphatic heterocycles. The third-order valence-corrected chi connectivity index (χ3v) is 2.89. The first-order chi connectivity index (χ1) is 9.24. The summed E-state index contributed by atoms with van der Waals surface area (Å²) in [5, 5.41) is 3.61. The number of carbonyl (C=O) groups is 1. The number of nitrogen functional groups attached to an aromatic ring is 1. The Hall–Kier alpha value is -2.75. The molecule has 0 aliphatic rings. The van der Waals surface area contributed by atoms with Gasteiger partial charge in [-0.15, -0.1) is 0 Å². The summed E-state index contributed by atoms with van der Waals surface area (Å²) in [7, 11) is 0. The lowest BCUT2D eigenvalue weighted by Gasteiger charge is -2.04. The molecule has 0 bridgehead atoms. The topological polar surface area (TPSA) is 68.3 Å². The van der Waals surface area contributed by atoms with Crippen molar-refractivity contribution in [3.8, 4) is 0 Å². The van der Waals surface area contributed by atoms with Gasteiger partial charge in [-0.2, -0.15) is 0 Å². The molecular formula is C15H12N2O2. The lowest BCUT2D eigenvalue weighted by molar-refractivity contribution is 0.102. The van der Waals surface area contributed by atoms with Gasteiger partial charge in [-0.1, -0.05) is 18.2 Å². The van der Waals surface area contributed by atoms with E-state index in [0.29, 0.717) is 22.5 Å². The number of fused-ring (bicyclic) bond motifs is 1. The van der Waals surface area contributed by atoms with Crippen molar-refractivity contribution in [2.75, 3.05) is 11.1 Å². The van der Waals surface area contributed by atoms with Gasteiger partial charge in [0.25, 0.3) is 5.91 Å². The summed E-state index contributed by atoms with van der Waals surface area (Å²) in [4.78, 5) is 12.2. The van der Waals surface area contributed by atoms with Crippen molar-refractivity contribution in [2.45, 2.75) is 0 Å². The van der Waals surface area contributed by atoms with Crippen LogP contribution in [0, 0.1) is 0 Å². The Morgan fingerprint density at radius 2 is 1.79 bits per heavy atom. The second kappa shape index (κ2) is 4.49. The summed E-state index contributed by atoms with van der Waals surface area (Å²) < 4.78 is 5.35. The summed E-state index contributed by atoms with van der Waals surface area (Å²) in [6.07, 6.45) is 1.47. The predicted octanol–water partition coefficient (Wildman–Crippen LogP) is 3.27. The Morgan fingerprint density at radius 3 is 2.58 bits per heavy atom. The second-order valence-electron chi connectivity index (χ2n) is 4.22. The molecule has 0 unspecified atom stereocenters. The van der Waals surface area contributed by atoms with Crippen molar-refractivity contribution >= 4 is 28.3 Å². The molecule has 0 radical (unpaired) electrons. The zero-order valence-electron chi connectivity index (χ0n) is 10.1. The predicted molar refractivity (Wildman–Crippen MR) is 75.0 cm³/mol. The van der Waals surface area contributed by atoms with Crippen LogP contribution in [0.1, 0.15) is 10.4 Å². The van der Waals surface area contributed by atoms with E-state index in [9.17, 15) is 4.79 Å². The van der Waals surface area contributed by atoms with E-state index in [1.165, 1.54) is 6.26 Å². The summed E-state index contributed by atoms with van der Waals surface area (Å²) in [6, 6.07) is 14.4. The van der Waals surface area contributed by atoms with E-state index < -0.39 is 0 Å². The fourth-order valence-electron chi connectivity index (χ4n) is 1.92. The number of anilines is 2. The molecule has 3 N–H and O–H groups in total. The maximum Gasteiger partial charge on any atom is 0.259 e. The average Bonchev–Trinajstić information content (AvgIpc) is 2.85. The minimum atomic E-state index is -0.199. The Kier molecular flexibility index (Phi) is 2.68. The highest BCUT2D eigenvalue weighted by molar-refractivity contribution is 6.12. The second-order valence-corrected chi connectivity index (χ2v) is 4.22. The lowest BCUT2D eigenvalue weighted by atomic mass is 10.1. The van der Waals surface area contributed by atoms with Crippen LogP contribution in [0.4, 0.5) is 11.4 Å². The van der Waals surface area contributed by atoms with Crippen LogP contribution in [0.2, 0.25) is 0 Å². The third-order valence-electron chi connectivity index (χ3n) is 2.89. The normalized spacial score (nSPS) is 10.5. The Bertz CT molecular complexity index is 729. The van der Waals surface area contributed by atoms with Gasteiger partial charge < -0.3 is 15.5 Å². The van der Waals surface area contributed by atoms with E-state index in [1.54, 1.807) is 24.3 Å². The Labute approximate surface area is 109 Å². The maximum absolute atomic E-state index is 12.2. The molecule has 0 aliphatic carbocycles. The van der Waals surface area contributed by atoms with E-state index in [-0.39, 0.29) is 5.91 Å². The van der Waals surface area contributed by atoms with Crippen LogP contribution in [0.25, 0.3) is 11.0 Å². The molecule has 0 spiro atoms. The molecule has 3 rings (SSSR count). The monoisotopic (exact) mass is 252 g/mol. The van der Waals surface area contributed by atoms with Gasteiger partial charge in [-0.25, -0.2) is 0 Å². The first-order valence-electron chi connectivity index (χ1n) is 5.87. The number of carbonyl (C=O) groups excluding carboxylic acids is 1. The molecule has 1 heterocycles. The zero-order chi connectivity index (χ0) is 13.2. The van der Waals surface area contributed by atoms with E-state index in [1.807, 2.05) is 24.3 Å². The average molecular weight is 252 g/mol. The van der Waals surface area contributed by atoms with Crippen molar-refractivity contribution in [2.24, 2.45) is 0 Å². The number of rotatable bonds is 2. The number of furan rings is 1. The van der Waals surface area contributed by atoms with Crippen LogP contribution in [0.3, 0.4) is 0 Å². The third kappa shape index (κ3) is 2.15. The first-order valence-corrected chi connectivity index (χ1v) is 5.87. The molecular weight excluding hydrogens is 240 g/mol. The molecule has 3 aromatic rings. The molecule has 0 saturated heterocycles. The number of para-hydroxylation sites is 1. The van der Waals surface area contributed by atoms with Gasteiger partial charge in [0.15, 0.2) is 0 Å². The van der Waals surface area contributed by atoms with Gasteiger partial charge in [0.1, 0.15) is 11.8 Å². The lowest BCUT2D eigenvalue weighted by Crippen LogP contribution is -2.11. The first kappa shape index (κ1) is 11.3. The van der Waals surface area contributed by atoms with Crippen LogP contribution < -0.4 is 11.1 Å². The molecule has 0 fully saturated rings. The Balaban J connectivity index is 1.90. The van der Waals surface area contributed by atoms with E-state index in [2.05, 4.69) is 5.32 Å². The van der Waals surface area contributed by atoms with Gasteiger partial charge in [0.05, 0.1) is 5.56 Å². The van der Waals surface area contributed by atoms with Gasteiger partial charge in [0, 0.05) is 16.8 Å². The highest BCUT2D eigenvalue weighted by Gasteiger charge is 2.13. The van der Waals surface area contributed by atoms with Gasteiger partial charge >= 0.3 is 0 Å². The zero-order valence-corrected chi connectivity index (χ0v) is 10.1. The quantitative estimate of drug-likeness (QED) is 0.688. The molecule has 94 valence electrons. The van der Waals surface area contributed by atoms with Crippen molar-refractivity contribution in [1.82, 2.24) is 0 Å². The van der Waals surface area contributed by atoms with E-state index in [4.69, 9.17) is 10.2 Å². The number of hydrogen-bond donors (Lipinski definition) is 2. The van der Waals surface area contributed by atoms with Crippen molar-refractivity contribution < 1.29 is 9.21 Å². The van der Waals surface area contributed by atoms with Crippen molar-refractivity contribution in [3.63, 3.8) is 0 Å². The van der Waals surface area contributed by atoms with E-state index >= 15 is 0 Å². The molecule has 0 atom stereocenters. The fourth-order valence-corrected chi connectivity index (χ4v) is 1.92. The van der Waals surface area contributed by atoms with Crippen molar-refractivity contribution in [1.29, 1.82) is 0 Å². The van der Waals surface area contributed by atoms with Gasteiger partial charge in [-0.05, 0) is 30.3 Å². The van der Waals surface area contributed by atoms with Crippen LogP contribution in [-0.2, 0) is 0 Å². The molecule has 1 amide bonds. The molecule has 4 nitrogen and oxygen atoms in total. The number of benzene rings is 2. The SMILES string of the molecule is Nc1ccc(NC(=O)c2coc3ccccc23)cc1. The standard InChI is InChI=1S/C15H12N2O2/c16-10-5-7-11(8-6-10)17-15(18)13-9-19-14-4-2-1-3-12(13)14/h1-9H,16H2,(H,17,18). The number of amides is 1. The molecule has 2 aromatic carbocycles. The summed E-state index contributed by atoms with van der Waals surface area (Å²) in [5.41, 5.74) is 8.18. The van der Waals surface area contributed by atoms with Crippen LogP contribution >= 0.6 is 0 Å². The minimum absolute atomic E-state index is 0.199. The number of hydrogen-bond acceptors (Lipinski definition) is 3. The van der Waals surface area contributed by atoms with Crippen LogP contribution in [0.5, 0.6) is 0 Å². The Morgan fingerprint density at radius 1 is 1.05 bits per heavy atom. The number of nitrogens with one attached hydrogen (secondary N) is 1. The molecule has 4 heteroatoms. The maximum atomic E-state index is 12.2. The highest BCUT2D eigenvalue weighted by atomic mass is 16.3. The largest absolute Gasteiger partial charge is 0.463 e. The van der Waals surface area contributed by atoms with Crippen molar-refractivity contribution in [3.05, 3.63) is 60.4 Å². The van der Waals surface area contributed by atoms with Gasteiger partial charge in [-0.3, -0.25) is 4.79 Å². The number of nitrogens with two attached hydrogens (primary N) is 1. The smallest absolute Gasteiger partial charge is 0.259 e. The van der Waals surface area contributed by atoms with Gasteiger partial charge in [0.2, 0.25) is 0 Å². The highest BCUT2D eigenvalue weighted by Crippen LogP contribution is 2.22. The molecule has 19 heavy (non-hydrogen) atoms. The molecule has 0 saturated carbocycles. The minimum Gasteiger partial charge on any atom is -0.463 e. The van der Waals surface area contributed by atoms with E-state index in [0.717, 1.165) is 5.39 Å². The van der Waals surface area contributed by atoms with Crippen LogP contribution in [-0.4, -0.2) is 5.91 Å². The van der Waals surface area contributed by atoms with Crippen LogP contribution in [0.15, 0.2) is 59.2 Å².